The van der Waals surface area contributed by atoms with Crippen molar-refractivity contribution in [1.29, 1.82) is 0 Å². The topological polar surface area (TPSA) is 101 Å². The summed E-state index contributed by atoms with van der Waals surface area (Å²) in [5, 5.41) is 0. The van der Waals surface area contributed by atoms with E-state index in [1.54, 1.807) is 0 Å². The van der Waals surface area contributed by atoms with E-state index >= 15 is 0 Å². The maximum atomic E-state index is 11.9. The van der Waals surface area contributed by atoms with E-state index in [2.05, 4.69) is 4.72 Å². The molecule has 17 heavy (non-hydrogen) atoms. The minimum Gasteiger partial charge on any atom is -0.290 e. The Morgan fingerprint density at radius 1 is 1.35 bits per heavy atom. The van der Waals surface area contributed by atoms with E-state index in [0.717, 1.165) is 12.8 Å². The Morgan fingerprint density at radius 2 is 2.06 bits per heavy atom. The van der Waals surface area contributed by atoms with Crippen molar-refractivity contribution in [3.8, 4) is 0 Å². The zero-order chi connectivity index (χ0) is 12.5. The van der Waals surface area contributed by atoms with Gasteiger partial charge in [0, 0.05) is 11.6 Å². The summed E-state index contributed by atoms with van der Waals surface area (Å²) < 4.78 is 26.3. The molecule has 1 fully saturated rings. The van der Waals surface area contributed by atoms with Crippen molar-refractivity contribution >= 4 is 15.9 Å². The molecule has 2 rings (SSSR count). The Bertz CT molecular complexity index is 537. The van der Waals surface area contributed by atoms with Crippen LogP contribution < -0.4 is 16.0 Å². The van der Waals surface area contributed by atoms with E-state index in [1.807, 2.05) is 5.43 Å². The van der Waals surface area contributed by atoms with Gasteiger partial charge in [-0.3, -0.25) is 10.2 Å². The Labute approximate surface area is 99.2 Å². The second-order valence-electron chi connectivity index (χ2n) is 3.90. The molecule has 0 aliphatic heterocycles. The summed E-state index contributed by atoms with van der Waals surface area (Å²) in [5.74, 6) is 4.47. The van der Waals surface area contributed by atoms with Gasteiger partial charge in [0.15, 0.2) is 0 Å². The molecule has 1 aromatic carbocycles. The first-order valence-corrected chi connectivity index (χ1v) is 6.64. The molecule has 1 aromatic rings. The number of rotatable bonds is 4. The molecule has 7 heteroatoms. The van der Waals surface area contributed by atoms with Crippen LogP contribution in [-0.4, -0.2) is 20.4 Å². The molecule has 0 saturated heterocycles. The van der Waals surface area contributed by atoms with E-state index in [0.29, 0.717) is 0 Å². The van der Waals surface area contributed by atoms with Gasteiger partial charge in [-0.05, 0) is 31.0 Å². The van der Waals surface area contributed by atoms with Crippen molar-refractivity contribution in [2.45, 2.75) is 23.8 Å². The maximum Gasteiger partial charge on any atom is 0.265 e. The molecule has 0 spiro atoms. The minimum absolute atomic E-state index is 0.0343. The first-order valence-electron chi connectivity index (χ1n) is 5.16. The summed E-state index contributed by atoms with van der Waals surface area (Å²) in [5.41, 5.74) is 2.17. The van der Waals surface area contributed by atoms with Crippen LogP contribution in [0.2, 0.25) is 0 Å². The molecule has 1 saturated carbocycles. The number of nitrogens with one attached hydrogen (secondary N) is 2. The van der Waals surface area contributed by atoms with Crippen LogP contribution in [0.5, 0.6) is 0 Å². The van der Waals surface area contributed by atoms with Crippen molar-refractivity contribution in [3.05, 3.63) is 29.8 Å². The third kappa shape index (κ3) is 2.82. The number of hydrogen-bond donors (Lipinski definition) is 3. The van der Waals surface area contributed by atoms with Crippen molar-refractivity contribution in [1.82, 2.24) is 10.1 Å². The molecule has 0 bridgehead atoms. The highest BCUT2D eigenvalue weighted by molar-refractivity contribution is 7.89. The molecule has 1 aliphatic carbocycles. The van der Waals surface area contributed by atoms with E-state index in [1.165, 1.54) is 24.3 Å². The lowest BCUT2D eigenvalue weighted by Crippen LogP contribution is -2.30. The minimum atomic E-state index is -3.53. The fourth-order valence-electron chi connectivity index (χ4n) is 1.38. The molecular formula is C10H13N3O3S. The number of nitrogen functional groups attached to an aromatic ring is 1. The van der Waals surface area contributed by atoms with Crippen LogP contribution in [0.25, 0.3) is 0 Å². The van der Waals surface area contributed by atoms with Crippen LogP contribution in [-0.2, 0) is 10.0 Å². The highest BCUT2D eigenvalue weighted by Gasteiger charge is 2.28. The highest BCUT2D eigenvalue weighted by Crippen LogP contribution is 2.22. The largest absolute Gasteiger partial charge is 0.290 e. The average Bonchev–Trinajstić information content (AvgIpc) is 3.11. The predicted molar refractivity (Wildman–Crippen MR) is 61.4 cm³/mol. The summed E-state index contributed by atoms with van der Waals surface area (Å²) in [4.78, 5) is 11.4. The lowest BCUT2D eigenvalue weighted by molar-refractivity contribution is 0.0953. The fraction of sp³-hybridized carbons (Fsp3) is 0.300. The molecule has 0 heterocycles. The van der Waals surface area contributed by atoms with Gasteiger partial charge in [0.05, 0.1) is 4.90 Å². The Balaban J connectivity index is 2.28. The van der Waals surface area contributed by atoms with Crippen molar-refractivity contribution in [2.75, 3.05) is 0 Å². The molecular weight excluding hydrogens is 242 g/mol. The van der Waals surface area contributed by atoms with E-state index < -0.39 is 15.9 Å². The number of amides is 1. The smallest absolute Gasteiger partial charge is 0.265 e. The number of benzene rings is 1. The van der Waals surface area contributed by atoms with E-state index in [4.69, 9.17) is 5.84 Å². The Kier molecular flexibility index (Phi) is 3.14. The third-order valence-corrected chi connectivity index (χ3v) is 3.95. The molecule has 4 N–H and O–H groups in total. The van der Waals surface area contributed by atoms with Gasteiger partial charge in [-0.25, -0.2) is 19.0 Å². The molecule has 0 aromatic heterocycles. The summed E-state index contributed by atoms with van der Waals surface area (Å²) in [6.45, 7) is 0. The lowest BCUT2D eigenvalue weighted by atomic mass is 10.2. The van der Waals surface area contributed by atoms with Crippen LogP contribution >= 0.6 is 0 Å². The van der Waals surface area contributed by atoms with Crippen LogP contribution in [0, 0.1) is 0 Å². The normalized spacial score (nSPS) is 15.6. The van der Waals surface area contributed by atoms with Gasteiger partial charge < -0.3 is 0 Å². The monoisotopic (exact) mass is 255 g/mol. The molecule has 92 valence electrons. The van der Waals surface area contributed by atoms with Gasteiger partial charge >= 0.3 is 0 Å². The average molecular weight is 255 g/mol. The maximum absolute atomic E-state index is 11.9. The Morgan fingerprint density at radius 3 is 2.65 bits per heavy atom. The molecule has 0 atom stereocenters. The second-order valence-corrected chi connectivity index (χ2v) is 5.61. The predicted octanol–water partition coefficient (Wildman–Crippen LogP) is -0.269. The molecule has 1 amide bonds. The zero-order valence-corrected chi connectivity index (χ0v) is 9.83. The summed E-state index contributed by atoms with van der Waals surface area (Å²) in [6, 6.07) is 5.78. The number of carbonyl (C=O) groups excluding carboxylic acids is 1. The molecule has 1 aliphatic rings. The summed E-state index contributed by atoms with van der Waals surface area (Å²) in [6.07, 6.45) is 1.73. The highest BCUT2D eigenvalue weighted by atomic mass is 32.2. The van der Waals surface area contributed by atoms with Crippen LogP contribution in [0.4, 0.5) is 0 Å². The van der Waals surface area contributed by atoms with Crippen molar-refractivity contribution < 1.29 is 13.2 Å². The van der Waals surface area contributed by atoms with Gasteiger partial charge in [-0.15, -0.1) is 0 Å². The van der Waals surface area contributed by atoms with Gasteiger partial charge in [0.2, 0.25) is 10.0 Å². The summed E-state index contributed by atoms with van der Waals surface area (Å²) >= 11 is 0. The van der Waals surface area contributed by atoms with Crippen LogP contribution in [0.15, 0.2) is 29.2 Å². The van der Waals surface area contributed by atoms with Gasteiger partial charge in [0.1, 0.15) is 0 Å². The summed E-state index contributed by atoms with van der Waals surface area (Å²) in [7, 11) is -3.53. The fourth-order valence-corrected chi connectivity index (χ4v) is 2.73. The number of sulfonamides is 1. The van der Waals surface area contributed by atoms with Crippen molar-refractivity contribution in [2.24, 2.45) is 5.84 Å². The third-order valence-electron chi connectivity index (χ3n) is 2.44. The molecule has 6 nitrogen and oxygen atoms in total. The first kappa shape index (κ1) is 12.0. The molecule has 0 unspecified atom stereocenters. The van der Waals surface area contributed by atoms with E-state index in [-0.39, 0.29) is 16.5 Å². The quantitative estimate of drug-likeness (QED) is 0.391. The zero-order valence-electron chi connectivity index (χ0n) is 9.01. The van der Waals surface area contributed by atoms with E-state index in [9.17, 15) is 13.2 Å². The van der Waals surface area contributed by atoms with Gasteiger partial charge in [-0.2, -0.15) is 0 Å². The second kappa shape index (κ2) is 4.44. The van der Waals surface area contributed by atoms with Gasteiger partial charge in [0.25, 0.3) is 5.91 Å². The lowest BCUT2D eigenvalue weighted by Gasteiger charge is -2.06. The number of carbonyl (C=O) groups is 1. The van der Waals surface area contributed by atoms with Gasteiger partial charge in [-0.1, -0.05) is 6.07 Å². The SMILES string of the molecule is NNC(=O)c1cccc(S(=O)(=O)NC2CC2)c1. The standard InChI is InChI=1S/C10H13N3O3S/c11-12-10(14)7-2-1-3-9(6-7)17(15,16)13-8-4-5-8/h1-3,6,8,13H,4-5,11H2,(H,12,14). The number of hydrogen-bond acceptors (Lipinski definition) is 4. The van der Waals surface area contributed by atoms with Crippen LogP contribution in [0.3, 0.4) is 0 Å². The van der Waals surface area contributed by atoms with Crippen LogP contribution in [0.1, 0.15) is 23.2 Å². The number of hydrazine groups is 1. The first-order chi connectivity index (χ1) is 8.03. The Hall–Kier alpha value is -1.44. The van der Waals surface area contributed by atoms with Crippen molar-refractivity contribution in [3.63, 3.8) is 0 Å². The number of nitrogens with two attached hydrogens (primary N) is 1. The molecule has 0 radical (unpaired) electrons.